The van der Waals surface area contributed by atoms with E-state index in [1.165, 1.54) is 0 Å². The van der Waals surface area contributed by atoms with Crippen molar-refractivity contribution in [2.75, 3.05) is 7.11 Å². The predicted octanol–water partition coefficient (Wildman–Crippen LogP) is 2.41. The van der Waals surface area contributed by atoms with Crippen molar-refractivity contribution in [3.63, 3.8) is 0 Å². The Morgan fingerprint density at radius 3 is 2.62 bits per heavy atom. The molecule has 0 amide bonds. The Hall–Kier alpha value is -0.940. The Bertz CT molecular complexity index is 405. The number of methoxy groups -OCH3 is 1. The van der Waals surface area contributed by atoms with Crippen molar-refractivity contribution in [2.45, 2.75) is 20.0 Å². The second-order valence-corrected chi connectivity index (χ2v) is 4.31. The molecule has 1 atom stereocenters. The fourth-order valence-corrected chi connectivity index (χ4v) is 1.98. The van der Waals surface area contributed by atoms with Crippen molar-refractivity contribution in [1.29, 1.82) is 0 Å². The fourth-order valence-electron chi connectivity index (χ4n) is 1.42. The molecule has 88 valence electrons. The lowest BCUT2D eigenvalue weighted by atomic mass is 9.98. The maximum Gasteiger partial charge on any atom is 0.339 e. The van der Waals surface area contributed by atoms with Crippen LogP contribution in [0.4, 0.5) is 4.39 Å². The molecule has 0 bridgehead atoms. The summed E-state index contributed by atoms with van der Waals surface area (Å²) < 4.78 is 18.4. The van der Waals surface area contributed by atoms with Crippen molar-refractivity contribution in [3.05, 3.63) is 33.0 Å². The van der Waals surface area contributed by atoms with Crippen LogP contribution in [0.3, 0.4) is 0 Å². The minimum atomic E-state index is -1.60. The van der Waals surface area contributed by atoms with E-state index >= 15 is 0 Å². The molecule has 0 saturated heterocycles. The molecule has 1 N–H and O–H groups in total. The second kappa shape index (κ2) is 4.93. The first-order chi connectivity index (χ1) is 7.40. The van der Waals surface area contributed by atoms with E-state index in [0.29, 0.717) is 5.56 Å². The van der Waals surface area contributed by atoms with Crippen LogP contribution in [-0.2, 0) is 9.53 Å². The molecule has 5 heteroatoms. The first-order valence-electron chi connectivity index (χ1n) is 4.61. The average molecular weight is 291 g/mol. The van der Waals surface area contributed by atoms with Crippen LogP contribution >= 0.6 is 15.9 Å². The average Bonchev–Trinajstić information content (AvgIpc) is 2.25. The lowest BCUT2D eigenvalue weighted by Crippen LogP contribution is -2.17. The zero-order valence-electron chi connectivity index (χ0n) is 9.17. The smallest absolute Gasteiger partial charge is 0.339 e. The van der Waals surface area contributed by atoms with E-state index in [4.69, 9.17) is 0 Å². The first-order valence-corrected chi connectivity index (χ1v) is 5.40. The number of benzene rings is 1. The largest absolute Gasteiger partial charge is 0.467 e. The molecule has 3 nitrogen and oxygen atoms in total. The zero-order valence-corrected chi connectivity index (χ0v) is 10.8. The number of halogens is 2. The standard InChI is InChI=1S/C11H12BrFO3/c1-5-4-7(12)9(13)8(6(5)2)10(14)11(15)16-3/h4,10,14H,1-3H3. The van der Waals surface area contributed by atoms with E-state index < -0.39 is 17.9 Å². The lowest BCUT2D eigenvalue weighted by Gasteiger charge is -2.15. The fraction of sp³-hybridized carbons (Fsp3) is 0.364. The Balaban J connectivity index is 3.37. The third-order valence-corrected chi connectivity index (χ3v) is 3.06. The normalized spacial score (nSPS) is 12.4. The summed E-state index contributed by atoms with van der Waals surface area (Å²) in [6, 6.07) is 1.60. The number of ether oxygens (including phenoxy) is 1. The maximum absolute atomic E-state index is 13.8. The van der Waals surface area contributed by atoms with E-state index in [0.717, 1.165) is 12.7 Å². The van der Waals surface area contributed by atoms with Gasteiger partial charge in [-0.2, -0.15) is 0 Å². The van der Waals surface area contributed by atoms with Gasteiger partial charge in [0.15, 0.2) is 6.10 Å². The molecule has 0 aliphatic heterocycles. The summed E-state index contributed by atoms with van der Waals surface area (Å²) in [7, 11) is 1.14. The third-order valence-electron chi connectivity index (χ3n) is 2.48. The van der Waals surface area contributed by atoms with Gasteiger partial charge in [-0.3, -0.25) is 0 Å². The number of carbonyl (C=O) groups excluding carboxylic acids is 1. The van der Waals surface area contributed by atoms with Gasteiger partial charge in [-0.15, -0.1) is 0 Å². The summed E-state index contributed by atoms with van der Waals surface area (Å²) in [6.07, 6.45) is -1.60. The van der Waals surface area contributed by atoms with Crippen LogP contribution < -0.4 is 0 Å². The molecule has 0 saturated carbocycles. The Labute approximate surface area is 101 Å². The van der Waals surface area contributed by atoms with E-state index in [2.05, 4.69) is 20.7 Å². The van der Waals surface area contributed by atoms with Crippen LogP contribution in [-0.4, -0.2) is 18.2 Å². The summed E-state index contributed by atoms with van der Waals surface area (Å²) in [5.41, 5.74) is 1.28. The van der Waals surface area contributed by atoms with Gasteiger partial charge in [-0.1, -0.05) is 0 Å². The highest BCUT2D eigenvalue weighted by atomic mass is 79.9. The summed E-state index contributed by atoms with van der Waals surface area (Å²) >= 11 is 3.03. The number of rotatable bonds is 2. The van der Waals surface area contributed by atoms with Gasteiger partial charge in [0, 0.05) is 5.56 Å². The molecule has 1 unspecified atom stereocenters. The van der Waals surface area contributed by atoms with Gasteiger partial charge in [0.1, 0.15) is 5.82 Å². The predicted molar refractivity (Wildman–Crippen MR) is 60.5 cm³/mol. The van der Waals surface area contributed by atoms with Gasteiger partial charge in [0.2, 0.25) is 0 Å². The quantitative estimate of drug-likeness (QED) is 0.851. The summed E-state index contributed by atoms with van der Waals surface area (Å²) in [6.45, 7) is 3.42. The molecular weight excluding hydrogens is 279 g/mol. The second-order valence-electron chi connectivity index (χ2n) is 3.45. The molecular formula is C11H12BrFO3. The Morgan fingerprint density at radius 1 is 1.56 bits per heavy atom. The number of aryl methyl sites for hydroxylation is 1. The van der Waals surface area contributed by atoms with E-state index in [-0.39, 0.29) is 10.0 Å². The minimum Gasteiger partial charge on any atom is -0.467 e. The molecule has 0 aliphatic rings. The van der Waals surface area contributed by atoms with Gasteiger partial charge >= 0.3 is 5.97 Å². The molecule has 0 fully saturated rings. The molecule has 16 heavy (non-hydrogen) atoms. The van der Waals surface area contributed by atoms with Gasteiger partial charge < -0.3 is 9.84 Å². The van der Waals surface area contributed by atoms with Gasteiger partial charge in [-0.05, 0) is 47.0 Å². The number of carbonyl (C=O) groups is 1. The number of aliphatic hydroxyl groups is 1. The van der Waals surface area contributed by atoms with Crippen molar-refractivity contribution < 1.29 is 19.0 Å². The summed E-state index contributed by atoms with van der Waals surface area (Å²) in [5.74, 6) is -1.51. The number of esters is 1. The monoisotopic (exact) mass is 290 g/mol. The summed E-state index contributed by atoms with van der Waals surface area (Å²) in [4.78, 5) is 11.2. The molecule has 0 aliphatic carbocycles. The van der Waals surface area contributed by atoms with Crippen LogP contribution in [0.2, 0.25) is 0 Å². The SMILES string of the molecule is COC(=O)C(O)c1c(C)c(C)cc(Br)c1F. The van der Waals surface area contributed by atoms with Gasteiger partial charge in [-0.25, -0.2) is 9.18 Å². The van der Waals surface area contributed by atoms with Crippen molar-refractivity contribution in [1.82, 2.24) is 0 Å². The van der Waals surface area contributed by atoms with Crippen molar-refractivity contribution in [2.24, 2.45) is 0 Å². The molecule has 0 spiro atoms. The zero-order chi connectivity index (χ0) is 12.5. The van der Waals surface area contributed by atoms with Crippen LogP contribution in [0.5, 0.6) is 0 Å². The highest BCUT2D eigenvalue weighted by Crippen LogP contribution is 2.30. The highest BCUT2D eigenvalue weighted by molar-refractivity contribution is 9.10. The van der Waals surface area contributed by atoms with E-state index in [9.17, 15) is 14.3 Å². The molecule has 0 aromatic heterocycles. The molecule has 0 heterocycles. The van der Waals surface area contributed by atoms with E-state index in [1.807, 2.05) is 0 Å². The van der Waals surface area contributed by atoms with Crippen LogP contribution in [0.1, 0.15) is 22.8 Å². The van der Waals surface area contributed by atoms with Crippen molar-refractivity contribution in [3.8, 4) is 0 Å². The van der Waals surface area contributed by atoms with E-state index in [1.54, 1.807) is 19.9 Å². The van der Waals surface area contributed by atoms with Crippen LogP contribution in [0, 0.1) is 19.7 Å². The van der Waals surface area contributed by atoms with Crippen LogP contribution in [0.15, 0.2) is 10.5 Å². The summed E-state index contributed by atoms with van der Waals surface area (Å²) in [5, 5.41) is 9.66. The van der Waals surface area contributed by atoms with Gasteiger partial charge in [0.05, 0.1) is 11.6 Å². The number of hydrogen-bond acceptors (Lipinski definition) is 3. The molecule has 0 radical (unpaired) electrons. The van der Waals surface area contributed by atoms with Crippen molar-refractivity contribution >= 4 is 21.9 Å². The molecule has 1 aromatic carbocycles. The lowest BCUT2D eigenvalue weighted by molar-refractivity contribution is -0.150. The van der Waals surface area contributed by atoms with Gasteiger partial charge in [0.25, 0.3) is 0 Å². The first kappa shape index (κ1) is 13.1. The Morgan fingerprint density at radius 2 is 2.12 bits per heavy atom. The minimum absolute atomic E-state index is 0.0428. The maximum atomic E-state index is 13.8. The number of aliphatic hydroxyl groups excluding tert-OH is 1. The Kier molecular flexibility index (Phi) is 4.04. The number of hydrogen-bond donors (Lipinski definition) is 1. The molecule has 1 aromatic rings. The molecule has 1 rings (SSSR count). The topological polar surface area (TPSA) is 46.5 Å². The highest BCUT2D eigenvalue weighted by Gasteiger charge is 2.25. The third kappa shape index (κ3) is 2.25. The van der Waals surface area contributed by atoms with Crippen LogP contribution in [0.25, 0.3) is 0 Å².